The molecular weight excluding hydrogens is 292 g/mol. The van der Waals surface area contributed by atoms with Crippen LogP contribution in [0.1, 0.15) is 25.7 Å². The predicted octanol–water partition coefficient (Wildman–Crippen LogP) is 2.13. The number of anilines is 1. The van der Waals surface area contributed by atoms with Gasteiger partial charge < -0.3 is 15.5 Å². The van der Waals surface area contributed by atoms with Crippen LogP contribution in [0.2, 0.25) is 0 Å². The first-order valence-electron chi connectivity index (χ1n) is 6.91. The van der Waals surface area contributed by atoms with E-state index in [1.54, 1.807) is 0 Å². The van der Waals surface area contributed by atoms with E-state index in [0.717, 1.165) is 25.0 Å². The average molecular weight is 308 g/mol. The topological polar surface area (TPSA) is 130 Å². The number of nitro benzene ring substituents is 1. The Labute approximate surface area is 125 Å². The normalized spacial score (nSPS) is 21.1. The zero-order valence-corrected chi connectivity index (χ0v) is 11.7. The lowest BCUT2D eigenvalue weighted by atomic mass is 9.78. The zero-order chi connectivity index (χ0) is 16.3. The van der Waals surface area contributed by atoms with Gasteiger partial charge in [-0.25, -0.2) is 0 Å². The van der Waals surface area contributed by atoms with Crippen molar-refractivity contribution in [3.63, 3.8) is 0 Å². The molecule has 118 valence electrons. The lowest BCUT2D eigenvalue weighted by Gasteiger charge is -2.27. The summed E-state index contributed by atoms with van der Waals surface area (Å²) in [5.41, 5.74) is -0.262. The van der Waals surface area contributed by atoms with E-state index < -0.39 is 34.4 Å². The molecule has 2 atom stereocenters. The first-order valence-corrected chi connectivity index (χ1v) is 6.91. The van der Waals surface area contributed by atoms with Crippen molar-refractivity contribution in [2.75, 3.05) is 5.32 Å². The van der Waals surface area contributed by atoms with Crippen molar-refractivity contribution in [1.29, 1.82) is 0 Å². The molecule has 1 aromatic carbocycles. The van der Waals surface area contributed by atoms with Gasteiger partial charge in [0.25, 0.3) is 5.69 Å². The Hall–Kier alpha value is -2.64. The number of carboxylic acids is 1. The summed E-state index contributed by atoms with van der Waals surface area (Å²) in [7, 11) is 0. The number of aliphatic carboxylic acids is 1. The Bertz CT molecular complexity index is 615. The van der Waals surface area contributed by atoms with Crippen LogP contribution in [0.4, 0.5) is 11.4 Å². The second-order valence-electron chi connectivity index (χ2n) is 5.28. The fourth-order valence-electron chi connectivity index (χ4n) is 2.70. The number of amides is 1. The van der Waals surface area contributed by atoms with E-state index >= 15 is 0 Å². The monoisotopic (exact) mass is 308 g/mol. The Morgan fingerprint density at radius 1 is 1.23 bits per heavy atom. The molecule has 0 spiro atoms. The average Bonchev–Trinajstić information content (AvgIpc) is 2.48. The molecule has 0 aromatic heterocycles. The first kappa shape index (κ1) is 15.7. The number of rotatable bonds is 4. The van der Waals surface area contributed by atoms with E-state index in [1.807, 2.05) is 0 Å². The van der Waals surface area contributed by atoms with E-state index in [2.05, 4.69) is 5.32 Å². The van der Waals surface area contributed by atoms with Crippen LogP contribution in [0.3, 0.4) is 0 Å². The number of carbonyl (C=O) groups is 2. The van der Waals surface area contributed by atoms with Gasteiger partial charge in [-0.3, -0.25) is 19.7 Å². The molecule has 8 nitrogen and oxygen atoms in total. The maximum absolute atomic E-state index is 12.2. The van der Waals surface area contributed by atoms with Gasteiger partial charge in [0.05, 0.1) is 28.5 Å². The molecule has 1 aliphatic rings. The number of carbonyl (C=O) groups excluding carboxylic acids is 1. The largest absolute Gasteiger partial charge is 0.506 e. The van der Waals surface area contributed by atoms with Gasteiger partial charge in [-0.2, -0.15) is 0 Å². The number of phenols is 1. The van der Waals surface area contributed by atoms with Gasteiger partial charge in [-0.05, 0) is 18.9 Å². The van der Waals surface area contributed by atoms with E-state index in [0.29, 0.717) is 12.8 Å². The fraction of sp³-hybridized carbons (Fsp3) is 0.429. The van der Waals surface area contributed by atoms with Gasteiger partial charge in [0.15, 0.2) is 0 Å². The smallest absolute Gasteiger partial charge is 0.307 e. The van der Waals surface area contributed by atoms with Crippen molar-refractivity contribution in [1.82, 2.24) is 0 Å². The van der Waals surface area contributed by atoms with Crippen molar-refractivity contribution in [2.45, 2.75) is 25.7 Å². The molecule has 2 unspecified atom stereocenters. The molecular formula is C14H16N2O6. The van der Waals surface area contributed by atoms with Crippen molar-refractivity contribution >= 4 is 23.3 Å². The molecule has 3 N–H and O–H groups in total. The number of hydrogen-bond acceptors (Lipinski definition) is 5. The number of hydrogen-bond donors (Lipinski definition) is 3. The highest BCUT2D eigenvalue weighted by atomic mass is 16.6. The number of non-ortho nitro benzene ring substituents is 1. The second kappa shape index (κ2) is 6.42. The first-order chi connectivity index (χ1) is 10.4. The number of phenolic OH excluding ortho intramolecular Hbond substituents is 1. The number of nitro groups is 1. The van der Waals surface area contributed by atoms with Gasteiger partial charge >= 0.3 is 5.97 Å². The summed E-state index contributed by atoms with van der Waals surface area (Å²) in [5, 5.41) is 31.9. The lowest BCUT2D eigenvalue weighted by molar-refractivity contribution is -0.384. The Balaban J connectivity index is 2.14. The maximum atomic E-state index is 12.2. The van der Waals surface area contributed by atoms with Gasteiger partial charge in [-0.1, -0.05) is 12.8 Å². The second-order valence-corrected chi connectivity index (χ2v) is 5.28. The Morgan fingerprint density at radius 2 is 1.86 bits per heavy atom. The molecule has 0 bridgehead atoms. The molecule has 1 saturated carbocycles. The summed E-state index contributed by atoms with van der Waals surface area (Å²) in [6, 6.07) is 3.32. The number of nitrogens with zero attached hydrogens (tertiary/aromatic N) is 1. The fourth-order valence-corrected chi connectivity index (χ4v) is 2.70. The molecule has 8 heteroatoms. The third kappa shape index (κ3) is 3.33. The van der Waals surface area contributed by atoms with Crippen molar-refractivity contribution in [2.24, 2.45) is 11.8 Å². The summed E-state index contributed by atoms with van der Waals surface area (Å²) in [6.07, 6.45) is 2.45. The molecule has 22 heavy (non-hydrogen) atoms. The van der Waals surface area contributed by atoms with Crippen LogP contribution in [-0.2, 0) is 9.59 Å². The van der Waals surface area contributed by atoms with Crippen LogP contribution in [0.15, 0.2) is 18.2 Å². The van der Waals surface area contributed by atoms with Crippen LogP contribution in [-0.4, -0.2) is 27.0 Å². The Morgan fingerprint density at radius 3 is 2.41 bits per heavy atom. The zero-order valence-electron chi connectivity index (χ0n) is 11.7. The number of carboxylic acid groups (broad SMARTS) is 1. The number of aromatic hydroxyl groups is 1. The maximum Gasteiger partial charge on any atom is 0.307 e. The molecule has 0 radical (unpaired) electrons. The van der Waals surface area contributed by atoms with Crippen molar-refractivity contribution in [3.05, 3.63) is 28.3 Å². The van der Waals surface area contributed by atoms with Gasteiger partial charge in [0.2, 0.25) is 5.91 Å². The highest BCUT2D eigenvalue weighted by Gasteiger charge is 2.35. The number of nitrogens with one attached hydrogen (secondary N) is 1. The molecule has 0 saturated heterocycles. The highest BCUT2D eigenvalue weighted by Crippen LogP contribution is 2.33. The molecule has 1 aliphatic carbocycles. The minimum Gasteiger partial charge on any atom is -0.506 e. The SMILES string of the molecule is O=C(O)C1CCCCC1C(=O)Nc1ccc([N+](=O)[O-])cc1O. The van der Waals surface area contributed by atoms with Gasteiger partial charge in [0, 0.05) is 6.07 Å². The summed E-state index contributed by atoms with van der Waals surface area (Å²) >= 11 is 0. The molecule has 0 aliphatic heterocycles. The van der Waals surface area contributed by atoms with Crippen LogP contribution < -0.4 is 5.32 Å². The van der Waals surface area contributed by atoms with Gasteiger partial charge in [-0.15, -0.1) is 0 Å². The van der Waals surface area contributed by atoms with Crippen LogP contribution in [0.25, 0.3) is 0 Å². The summed E-state index contributed by atoms with van der Waals surface area (Å²) in [4.78, 5) is 33.4. The van der Waals surface area contributed by atoms with E-state index in [1.165, 1.54) is 6.07 Å². The summed E-state index contributed by atoms with van der Waals surface area (Å²) in [6.45, 7) is 0. The van der Waals surface area contributed by atoms with Crippen molar-refractivity contribution in [3.8, 4) is 5.75 Å². The minimum atomic E-state index is -1.01. The quantitative estimate of drug-likeness (QED) is 0.444. The van der Waals surface area contributed by atoms with Crippen molar-refractivity contribution < 1.29 is 24.7 Å². The summed E-state index contributed by atoms with van der Waals surface area (Å²) in [5.74, 6) is -3.33. The third-order valence-electron chi connectivity index (χ3n) is 3.87. The van der Waals surface area contributed by atoms with E-state index in [4.69, 9.17) is 0 Å². The van der Waals surface area contributed by atoms with E-state index in [-0.39, 0.29) is 11.4 Å². The van der Waals surface area contributed by atoms with Crippen LogP contribution >= 0.6 is 0 Å². The summed E-state index contributed by atoms with van der Waals surface area (Å²) < 4.78 is 0. The molecule has 1 aromatic rings. The van der Waals surface area contributed by atoms with E-state index in [9.17, 15) is 29.9 Å². The standard InChI is InChI=1S/C14H16N2O6/c17-12-7-8(16(21)22)5-6-11(12)15-13(18)9-3-1-2-4-10(9)14(19)20/h5-7,9-10,17H,1-4H2,(H,15,18)(H,19,20). The highest BCUT2D eigenvalue weighted by molar-refractivity contribution is 5.96. The lowest BCUT2D eigenvalue weighted by Crippen LogP contribution is -2.36. The number of benzene rings is 1. The Kier molecular flexibility index (Phi) is 4.59. The molecule has 0 heterocycles. The van der Waals surface area contributed by atoms with Crippen LogP contribution in [0, 0.1) is 22.0 Å². The third-order valence-corrected chi connectivity index (χ3v) is 3.87. The molecule has 1 amide bonds. The van der Waals surface area contributed by atoms with Gasteiger partial charge in [0.1, 0.15) is 5.75 Å². The molecule has 2 rings (SSSR count). The molecule has 1 fully saturated rings. The minimum absolute atomic E-state index is 0.0327. The van der Waals surface area contributed by atoms with Crippen LogP contribution in [0.5, 0.6) is 5.75 Å². The predicted molar refractivity (Wildman–Crippen MR) is 76.5 cm³/mol.